The minimum atomic E-state index is -0.516. The van der Waals surface area contributed by atoms with E-state index in [1.54, 1.807) is 12.4 Å². The number of fused-ring (bicyclic) bond motifs is 1. The molecule has 0 aliphatic carbocycles. The molecule has 4 aromatic rings. The molecular weight excluding hydrogens is 508 g/mol. The number of methoxy groups -OCH3 is 1. The number of nitrogens with one attached hydrogen (secondary N) is 2. The Balaban J connectivity index is 1.45. The SMILES string of the molecule is COC(=O)c1c(NC(=O)[C@@H]2CCOC2)c2cc(N[C@@H](C)CCn3cccn3)cnc2n1CCCc1ccccc1. The number of nitrogens with zero attached hydrogens (tertiary/aromatic N) is 4. The molecule has 1 aromatic carbocycles. The quantitative estimate of drug-likeness (QED) is 0.252. The number of aryl methyl sites for hydroxylation is 3. The molecule has 1 fully saturated rings. The van der Waals surface area contributed by atoms with Crippen molar-refractivity contribution in [3.8, 4) is 0 Å². The first-order valence-electron chi connectivity index (χ1n) is 13.8. The van der Waals surface area contributed by atoms with Gasteiger partial charge >= 0.3 is 5.97 Å². The molecule has 1 aliphatic rings. The molecule has 2 atom stereocenters. The molecule has 0 saturated carbocycles. The van der Waals surface area contributed by atoms with Crippen molar-refractivity contribution in [3.05, 3.63) is 72.3 Å². The molecule has 1 aliphatic heterocycles. The average Bonchev–Trinajstić information content (AvgIpc) is 3.74. The Morgan fingerprint density at radius 3 is 2.77 bits per heavy atom. The number of anilines is 2. The molecule has 1 saturated heterocycles. The summed E-state index contributed by atoms with van der Waals surface area (Å²) in [5.74, 6) is -0.951. The maximum absolute atomic E-state index is 13.2. The predicted octanol–water partition coefficient (Wildman–Crippen LogP) is 4.52. The van der Waals surface area contributed by atoms with Crippen LogP contribution in [0.15, 0.2) is 61.1 Å². The van der Waals surface area contributed by atoms with E-state index in [1.165, 1.54) is 12.7 Å². The monoisotopic (exact) mass is 544 g/mol. The first kappa shape index (κ1) is 27.4. The van der Waals surface area contributed by atoms with E-state index in [-0.39, 0.29) is 17.9 Å². The van der Waals surface area contributed by atoms with Gasteiger partial charge in [-0.25, -0.2) is 9.78 Å². The number of pyridine rings is 1. The largest absolute Gasteiger partial charge is 0.464 e. The van der Waals surface area contributed by atoms with Crippen LogP contribution in [0.4, 0.5) is 11.4 Å². The smallest absolute Gasteiger partial charge is 0.356 e. The number of aromatic nitrogens is 4. The van der Waals surface area contributed by atoms with Crippen molar-refractivity contribution >= 4 is 34.3 Å². The Bertz CT molecular complexity index is 1430. The van der Waals surface area contributed by atoms with Gasteiger partial charge in [0.1, 0.15) is 5.65 Å². The molecule has 4 heterocycles. The molecule has 40 heavy (non-hydrogen) atoms. The molecule has 0 radical (unpaired) electrons. The second-order valence-corrected chi connectivity index (χ2v) is 10.2. The van der Waals surface area contributed by atoms with Crippen molar-refractivity contribution in [3.63, 3.8) is 0 Å². The van der Waals surface area contributed by atoms with Crippen molar-refractivity contribution in [1.29, 1.82) is 0 Å². The van der Waals surface area contributed by atoms with E-state index < -0.39 is 5.97 Å². The summed E-state index contributed by atoms with van der Waals surface area (Å²) in [5, 5.41) is 11.5. The molecule has 5 rings (SSSR count). The van der Waals surface area contributed by atoms with Crippen LogP contribution in [-0.4, -0.2) is 57.6 Å². The highest BCUT2D eigenvalue weighted by Crippen LogP contribution is 2.34. The normalized spacial score (nSPS) is 15.7. The second-order valence-electron chi connectivity index (χ2n) is 10.2. The van der Waals surface area contributed by atoms with Crippen LogP contribution in [0.2, 0.25) is 0 Å². The fourth-order valence-electron chi connectivity index (χ4n) is 5.12. The zero-order chi connectivity index (χ0) is 27.9. The third kappa shape index (κ3) is 6.34. The Morgan fingerprint density at radius 2 is 2.05 bits per heavy atom. The molecule has 3 aromatic heterocycles. The molecule has 10 heteroatoms. The van der Waals surface area contributed by atoms with Gasteiger partial charge in [-0.1, -0.05) is 30.3 Å². The van der Waals surface area contributed by atoms with Gasteiger partial charge in [-0.3, -0.25) is 9.48 Å². The maximum Gasteiger partial charge on any atom is 0.356 e. The van der Waals surface area contributed by atoms with Gasteiger partial charge in [-0.15, -0.1) is 0 Å². The lowest BCUT2D eigenvalue weighted by molar-refractivity contribution is -0.119. The Labute approximate surface area is 233 Å². The molecule has 0 bridgehead atoms. The fraction of sp³-hybridized carbons (Fsp3) is 0.400. The van der Waals surface area contributed by atoms with E-state index in [0.717, 1.165) is 31.5 Å². The number of hydrogen-bond acceptors (Lipinski definition) is 7. The number of esters is 1. The van der Waals surface area contributed by atoms with Crippen LogP contribution in [0.3, 0.4) is 0 Å². The third-order valence-electron chi connectivity index (χ3n) is 7.28. The van der Waals surface area contributed by atoms with E-state index in [9.17, 15) is 9.59 Å². The topological polar surface area (TPSA) is 112 Å². The van der Waals surface area contributed by atoms with Gasteiger partial charge in [0, 0.05) is 43.5 Å². The third-order valence-corrected chi connectivity index (χ3v) is 7.28. The molecule has 0 spiro atoms. The number of rotatable bonds is 12. The summed E-state index contributed by atoms with van der Waals surface area (Å²) in [6.45, 7) is 4.35. The van der Waals surface area contributed by atoms with Crippen LogP contribution in [0.5, 0.6) is 0 Å². The standard InChI is InChI=1S/C30H36N6O4/c1-21(11-16-35-14-7-13-32-35)33-24-18-25-26(34-29(37)23-12-17-40-20-23)27(30(38)39-2)36(28(25)31-19-24)15-6-10-22-8-4-3-5-9-22/h3-5,7-9,13-14,18-19,21,23,33H,6,10-12,15-17,20H2,1-2H3,(H,34,37)/t21-,23+/m0/s1. The molecule has 1 amide bonds. The van der Waals surface area contributed by atoms with E-state index >= 15 is 0 Å². The highest BCUT2D eigenvalue weighted by molar-refractivity contribution is 6.11. The average molecular weight is 545 g/mol. The Hall–Kier alpha value is -4.18. The summed E-state index contributed by atoms with van der Waals surface area (Å²) >= 11 is 0. The molecule has 2 N–H and O–H groups in total. The maximum atomic E-state index is 13.2. The van der Waals surface area contributed by atoms with Gasteiger partial charge in [0.2, 0.25) is 5.91 Å². The summed E-state index contributed by atoms with van der Waals surface area (Å²) in [5.41, 5.74) is 3.38. The van der Waals surface area contributed by atoms with Crippen molar-refractivity contribution in [1.82, 2.24) is 19.3 Å². The van der Waals surface area contributed by atoms with Crippen molar-refractivity contribution < 1.29 is 19.1 Å². The lowest BCUT2D eigenvalue weighted by atomic mass is 10.1. The molecule has 210 valence electrons. The van der Waals surface area contributed by atoms with Crippen LogP contribution >= 0.6 is 0 Å². The molecule has 10 nitrogen and oxygen atoms in total. The van der Waals surface area contributed by atoms with Gasteiger partial charge in [0.25, 0.3) is 0 Å². The van der Waals surface area contributed by atoms with Gasteiger partial charge < -0.3 is 24.7 Å². The van der Waals surface area contributed by atoms with Crippen LogP contribution in [0.1, 0.15) is 42.2 Å². The molecular formula is C30H36N6O4. The number of hydrogen-bond donors (Lipinski definition) is 2. The van der Waals surface area contributed by atoms with Crippen LogP contribution in [0, 0.1) is 5.92 Å². The number of amides is 1. The van der Waals surface area contributed by atoms with Gasteiger partial charge in [-0.2, -0.15) is 5.10 Å². The second kappa shape index (κ2) is 12.8. The zero-order valence-electron chi connectivity index (χ0n) is 23.0. The number of carbonyl (C=O) groups excluding carboxylic acids is 2. The lowest BCUT2D eigenvalue weighted by Gasteiger charge is -2.15. The van der Waals surface area contributed by atoms with Gasteiger partial charge in [0.05, 0.1) is 37.2 Å². The van der Waals surface area contributed by atoms with Crippen molar-refractivity contribution in [2.45, 2.75) is 51.7 Å². The summed E-state index contributed by atoms with van der Waals surface area (Å²) in [6, 6.07) is 14.2. The highest BCUT2D eigenvalue weighted by Gasteiger charge is 2.30. The summed E-state index contributed by atoms with van der Waals surface area (Å²) in [6.07, 6.45) is 8.63. The Kier molecular flexibility index (Phi) is 8.75. The number of ether oxygens (including phenoxy) is 2. The first-order chi connectivity index (χ1) is 19.5. The number of benzene rings is 1. The van der Waals surface area contributed by atoms with Gasteiger partial charge in [-0.05, 0) is 50.3 Å². The molecule has 0 unspecified atom stereocenters. The summed E-state index contributed by atoms with van der Waals surface area (Å²) < 4.78 is 14.4. The number of carbonyl (C=O) groups is 2. The zero-order valence-corrected chi connectivity index (χ0v) is 23.0. The van der Waals surface area contributed by atoms with E-state index in [2.05, 4.69) is 34.8 Å². The van der Waals surface area contributed by atoms with Crippen molar-refractivity contribution in [2.24, 2.45) is 5.92 Å². The fourth-order valence-corrected chi connectivity index (χ4v) is 5.12. The summed E-state index contributed by atoms with van der Waals surface area (Å²) in [4.78, 5) is 31.1. The summed E-state index contributed by atoms with van der Waals surface area (Å²) in [7, 11) is 1.35. The van der Waals surface area contributed by atoms with Crippen LogP contribution in [0.25, 0.3) is 11.0 Å². The highest BCUT2D eigenvalue weighted by atomic mass is 16.5. The Morgan fingerprint density at radius 1 is 1.20 bits per heavy atom. The minimum absolute atomic E-state index is 0.144. The predicted molar refractivity (Wildman–Crippen MR) is 153 cm³/mol. The minimum Gasteiger partial charge on any atom is -0.464 e. The van der Waals surface area contributed by atoms with Crippen LogP contribution < -0.4 is 10.6 Å². The van der Waals surface area contributed by atoms with Crippen molar-refractivity contribution in [2.75, 3.05) is 31.0 Å². The first-order valence-corrected chi connectivity index (χ1v) is 13.8. The van der Waals surface area contributed by atoms with E-state index in [4.69, 9.17) is 14.5 Å². The van der Waals surface area contributed by atoms with Crippen LogP contribution in [-0.2, 0) is 33.8 Å². The lowest BCUT2D eigenvalue weighted by Crippen LogP contribution is -2.24. The van der Waals surface area contributed by atoms with E-state index in [0.29, 0.717) is 48.6 Å². The van der Waals surface area contributed by atoms with Gasteiger partial charge in [0.15, 0.2) is 5.69 Å². The van der Waals surface area contributed by atoms with E-state index in [1.807, 2.05) is 45.8 Å².